The zero-order chi connectivity index (χ0) is 11.8. The van der Waals surface area contributed by atoms with Crippen LogP contribution in [0.25, 0.3) is 0 Å². The van der Waals surface area contributed by atoms with Crippen LogP contribution < -0.4 is 11.3 Å². The summed E-state index contributed by atoms with van der Waals surface area (Å²) in [6.45, 7) is 4.63. The van der Waals surface area contributed by atoms with Crippen LogP contribution >= 0.6 is 0 Å². The molecule has 2 heteroatoms. The van der Waals surface area contributed by atoms with Crippen molar-refractivity contribution in [3.8, 4) is 0 Å². The molecule has 0 saturated heterocycles. The highest BCUT2D eigenvalue weighted by Gasteiger charge is 2.32. The first kappa shape index (κ1) is 14.0. The molecule has 96 valence electrons. The molecule has 16 heavy (non-hydrogen) atoms. The minimum Gasteiger partial charge on any atom is -0.271 e. The fraction of sp³-hybridized carbons (Fsp3) is 1.00. The van der Waals surface area contributed by atoms with Crippen molar-refractivity contribution in [2.24, 2.45) is 17.7 Å². The van der Waals surface area contributed by atoms with Crippen LogP contribution in [0, 0.1) is 11.8 Å². The van der Waals surface area contributed by atoms with Crippen LogP contribution in [0.15, 0.2) is 0 Å². The Bertz CT molecular complexity index is 166. The van der Waals surface area contributed by atoms with E-state index in [0.717, 1.165) is 11.8 Å². The number of hydrogen-bond acceptors (Lipinski definition) is 2. The van der Waals surface area contributed by atoms with Gasteiger partial charge in [-0.15, -0.1) is 0 Å². The monoisotopic (exact) mass is 226 g/mol. The lowest BCUT2D eigenvalue weighted by molar-refractivity contribution is 0.319. The highest BCUT2D eigenvalue weighted by molar-refractivity contribution is 4.85. The minimum absolute atomic E-state index is 0.554. The lowest BCUT2D eigenvalue weighted by atomic mass is 9.92. The van der Waals surface area contributed by atoms with E-state index in [2.05, 4.69) is 19.3 Å². The van der Waals surface area contributed by atoms with Crippen LogP contribution in [0.4, 0.5) is 0 Å². The third-order valence-corrected chi connectivity index (χ3v) is 4.08. The van der Waals surface area contributed by atoms with Gasteiger partial charge in [-0.25, -0.2) is 0 Å². The molecule has 0 aromatic rings. The Balaban J connectivity index is 2.00. The molecule has 0 aromatic heterocycles. The average Bonchev–Trinajstić information content (AvgIpc) is 3.11. The summed E-state index contributed by atoms with van der Waals surface area (Å²) in [7, 11) is 0. The third-order valence-electron chi connectivity index (χ3n) is 4.08. The molecular formula is C14H30N2. The smallest absolute Gasteiger partial charge is 0.0238 e. The Morgan fingerprint density at radius 2 is 1.75 bits per heavy atom. The van der Waals surface area contributed by atoms with E-state index >= 15 is 0 Å². The molecule has 2 unspecified atom stereocenters. The molecule has 2 atom stereocenters. The van der Waals surface area contributed by atoms with E-state index in [-0.39, 0.29) is 0 Å². The van der Waals surface area contributed by atoms with Crippen LogP contribution in [0.3, 0.4) is 0 Å². The van der Waals surface area contributed by atoms with E-state index in [1.165, 1.54) is 57.8 Å². The van der Waals surface area contributed by atoms with Gasteiger partial charge in [-0.05, 0) is 31.1 Å². The maximum atomic E-state index is 5.65. The molecule has 0 heterocycles. The Morgan fingerprint density at radius 1 is 1.12 bits per heavy atom. The quantitative estimate of drug-likeness (QED) is 0.339. The number of rotatable bonds is 10. The maximum absolute atomic E-state index is 5.65. The van der Waals surface area contributed by atoms with Crippen LogP contribution in [0.5, 0.6) is 0 Å². The van der Waals surface area contributed by atoms with Gasteiger partial charge in [0.25, 0.3) is 0 Å². The van der Waals surface area contributed by atoms with Gasteiger partial charge in [0.05, 0.1) is 0 Å². The second-order valence-electron chi connectivity index (χ2n) is 5.53. The second-order valence-corrected chi connectivity index (χ2v) is 5.53. The zero-order valence-corrected chi connectivity index (χ0v) is 11.2. The lowest BCUT2D eigenvalue weighted by Gasteiger charge is -2.23. The van der Waals surface area contributed by atoms with Crippen molar-refractivity contribution in [2.45, 2.75) is 77.7 Å². The van der Waals surface area contributed by atoms with Gasteiger partial charge in [-0.1, -0.05) is 52.4 Å². The molecule has 0 amide bonds. The fourth-order valence-electron chi connectivity index (χ4n) is 2.59. The summed E-state index contributed by atoms with van der Waals surface area (Å²) in [5, 5.41) is 0. The van der Waals surface area contributed by atoms with Crippen molar-refractivity contribution in [2.75, 3.05) is 0 Å². The van der Waals surface area contributed by atoms with Gasteiger partial charge in [-0.2, -0.15) is 0 Å². The van der Waals surface area contributed by atoms with Gasteiger partial charge in [0.2, 0.25) is 0 Å². The molecular weight excluding hydrogens is 196 g/mol. The molecule has 0 radical (unpaired) electrons. The summed E-state index contributed by atoms with van der Waals surface area (Å²) in [5.41, 5.74) is 3.03. The van der Waals surface area contributed by atoms with Crippen molar-refractivity contribution in [1.82, 2.24) is 5.43 Å². The first-order valence-electron chi connectivity index (χ1n) is 7.25. The third kappa shape index (κ3) is 5.31. The van der Waals surface area contributed by atoms with Gasteiger partial charge >= 0.3 is 0 Å². The number of nitrogens with two attached hydrogens (primary N) is 1. The summed E-state index contributed by atoms with van der Waals surface area (Å²) < 4.78 is 0. The molecule has 0 bridgehead atoms. The van der Waals surface area contributed by atoms with Gasteiger partial charge in [0.1, 0.15) is 0 Å². The molecule has 2 nitrogen and oxygen atoms in total. The lowest BCUT2D eigenvalue weighted by Crippen LogP contribution is -2.40. The van der Waals surface area contributed by atoms with E-state index in [1.54, 1.807) is 0 Å². The predicted octanol–water partition coefficient (Wildman–Crippen LogP) is 3.62. The molecule has 0 aliphatic heterocycles. The van der Waals surface area contributed by atoms with E-state index in [9.17, 15) is 0 Å². The highest BCUT2D eigenvalue weighted by Crippen LogP contribution is 2.38. The molecule has 1 aliphatic carbocycles. The molecule has 1 aliphatic rings. The van der Waals surface area contributed by atoms with E-state index in [0.29, 0.717) is 6.04 Å². The maximum Gasteiger partial charge on any atom is 0.0238 e. The Labute approximate surface area is 101 Å². The Kier molecular flexibility index (Phi) is 7.06. The Hall–Kier alpha value is -0.0800. The molecule has 0 spiro atoms. The van der Waals surface area contributed by atoms with E-state index in [4.69, 9.17) is 5.84 Å². The number of nitrogens with one attached hydrogen (secondary N) is 1. The second kappa shape index (κ2) is 8.08. The van der Waals surface area contributed by atoms with Crippen LogP contribution in [0.2, 0.25) is 0 Å². The van der Waals surface area contributed by atoms with Crippen LogP contribution in [-0.2, 0) is 0 Å². The number of unbranched alkanes of at least 4 members (excludes halogenated alkanes) is 5. The molecule has 3 N–H and O–H groups in total. The zero-order valence-electron chi connectivity index (χ0n) is 11.2. The summed E-state index contributed by atoms with van der Waals surface area (Å²) in [5.74, 6) is 7.39. The van der Waals surface area contributed by atoms with E-state index in [1.807, 2.05) is 0 Å². The highest BCUT2D eigenvalue weighted by atomic mass is 15.2. The van der Waals surface area contributed by atoms with Gasteiger partial charge in [-0.3, -0.25) is 11.3 Å². The largest absolute Gasteiger partial charge is 0.271 e. The van der Waals surface area contributed by atoms with Gasteiger partial charge < -0.3 is 0 Å². The standard InChI is InChI=1S/C14H30N2/c1-3-4-5-6-7-8-9-14(16-15)12(2)13-10-11-13/h12-14,16H,3-11,15H2,1-2H3. The molecule has 0 aromatic carbocycles. The summed E-state index contributed by atoms with van der Waals surface area (Å²) in [4.78, 5) is 0. The normalized spacial score (nSPS) is 19.7. The fourth-order valence-corrected chi connectivity index (χ4v) is 2.59. The molecule has 1 fully saturated rings. The summed E-state index contributed by atoms with van der Waals surface area (Å²) in [6.07, 6.45) is 12.4. The average molecular weight is 226 g/mol. The van der Waals surface area contributed by atoms with Crippen molar-refractivity contribution >= 4 is 0 Å². The van der Waals surface area contributed by atoms with Crippen molar-refractivity contribution in [3.63, 3.8) is 0 Å². The molecule has 1 saturated carbocycles. The molecule has 1 rings (SSSR count). The first-order chi connectivity index (χ1) is 7.79. The van der Waals surface area contributed by atoms with Gasteiger partial charge in [0.15, 0.2) is 0 Å². The summed E-state index contributed by atoms with van der Waals surface area (Å²) >= 11 is 0. The number of hydrogen-bond donors (Lipinski definition) is 2. The van der Waals surface area contributed by atoms with Crippen molar-refractivity contribution in [1.29, 1.82) is 0 Å². The minimum atomic E-state index is 0.554. The Morgan fingerprint density at radius 3 is 2.31 bits per heavy atom. The van der Waals surface area contributed by atoms with Crippen LogP contribution in [0.1, 0.15) is 71.6 Å². The van der Waals surface area contributed by atoms with Crippen molar-refractivity contribution < 1.29 is 0 Å². The predicted molar refractivity (Wildman–Crippen MR) is 71.0 cm³/mol. The first-order valence-corrected chi connectivity index (χ1v) is 7.25. The SMILES string of the molecule is CCCCCCCCC(NN)C(C)C1CC1. The number of hydrazine groups is 1. The summed E-state index contributed by atoms with van der Waals surface area (Å²) in [6, 6.07) is 0.554. The van der Waals surface area contributed by atoms with E-state index < -0.39 is 0 Å². The van der Waals surface area contributed by atoms with Crippen LogP contribution in [-0.4, -0.2) is 6.04 Å². The topological polar surface area (TPSA) is 38.0 Å². The van der Waals surface area contributed by atoms with Crippen molar-refractivity contribution in [3.05, 3.63) is 0 Å². The van der Waals surface area contributed by atoms with Gasteiger partial charge in [0, 0.05) is 6.04 Å².